The van der Waals surface area contributed by atoms with Gasteiger partial charge in [-0.2, -0.15) is 0 Å². The fourth-order valence-corrected chi connectivity index (χ4v) is 4.95. The van der Waals surface area contributed by atoms with Gasteiger partial charge in [0.25, 0.3) is 0 Å². The van der Waals surface area contributed by atoms with Crippen molar-refractivity contribution >= 4 is 34.4 Å². The molecular weight excluding hydrogens is 516 g/mol. The third kappa shape index (κ3) is 6.10. The number of rotatable bonds is 9. The lowest BCUT2D eigenvalue weighted by molar-refractivity contribution is 0.172. The lowest BCUT2D eigenvalue weighted by Gasteiger charge is -2.23. The Kier molecular flexibility index (Phi) is 7.26. The quantitative estimate of drug-likeness (QED) is 0.230. The Morgan fingerprint density at radius 1 is 1.10 bits per heavy atom. The van der Waals surface area contributed by atoms with Crippen molar-refractivity contribution in [1.82, 2.24) is 25.2 Å². The molecule has 39 heavy (non-hydrogen) atoms. The van der Waals surface area contributed by atoms with E-state index < -0.39 is 0 Å². The second-order valence-electron chi connectivity index (χ2n) is 10.2. The van der Waals surface area contributed by atoms with Crippen LogP contribution in [0, 0.1) is 0 Å². The summed E-state index contributed by atoms with van der Waals surface area (Å²) < 4.78 is 12.1. The number of nitrogens with one attached hydrogen (secondary N) is 3. The predicted molar refractivity (Wildman–Crippen MR) is 152 cm³/mol. The van der Waals surface area contributed by atoms with Gasteiger partial charge in [-0.25, -0.2) is 14.8 Å². The number of hydrogen-bond acceptors (Lipinski definition) is 6. The van der Waals surface area contributed by atoms with Crippen molar-refractivity contribution in [2.45, 2.75) is 44.7 Å². The molecule has 1 unspecified atom stereocenters. The van der Waals surface area contributed by atoms with Gasteiger partial charge in [0.2, 0.25) is 5.88 Å². The topological polar surface area (TPSA) is 104 Å². The van der Waals surface area contributed by atoms with Crippen LogP contribution in [0.15, 0.2) is 54.9 Å². The summed E-state index contributed by atoms with van der Waals surface area (Å²) in [5.74, 6) is 1.76. The lowest BCUT2D eigenvalue weighted by Crippen LogP contribution is -2.34. The minimum Gasteiger partial charge on any atom is -0.492 e. The molecule has 1 saturated carbocycles. The predicted octanol–water partition coefficient (Wildman–Crippen LogP) is 6.22. The van der Waals surface area contributed by atoms with Crippen molar-refractivity contribution in [3.63, 3.8) is 0 Å². The van der Waals surface area contributed by atoms with E-state index in [1.165, 1.54) is 19.2 Å². The second-order valence-corrected chi connectivity index (χ2v) is 10.6. The highest BCUT2D eigenvalue weighted by molar-refractivity contribution is 6.33. The number of hydrogen-bond donors (Lipinski definition) is 3. The Morgan fingerprint density at radius 3 is 2.62 bits per heavy atom. The fraction of sp³-hybridized carbons (Fsp3) is 0.345. The van der Waals surface area contributed by atoms with Crippen LogP contribution in [0.2, 0.25) is 5.02 Å². The smallest absolute Gasteiger partial charge is 0.319 e. The first-order valence-corrected chi connectivity index (χ1v) is 13.8. The van der Waals surface area contributed by atoms with Crippen molar-refractivity contribution in [3.05, 3.63) is 59.9 Å². The first-order chi connectivity index (χ1) is 19.0. The minimum absolute atomic E-state index is 0.262. The summed E-state index contributed by atoms with van der Waals surface area (Å²) in [7, 11) is 0. The SMILES string of the molecule is CC(COc1ccc(-c2cc3c(Oc4ccc(NC(=O)NC5CC5)c(Cl)c4)ncnc3[nH]2)cc1)N1CCCC1. The number of carbonyl (C=O) groups excluding carboxylic acids is 1. The number of aromatic amines is 1. The van der Waals surface area contributed by atoms with Crippen molar-refractivity contribution in [3.8, 4) is 28.6 Å². The van der Waals surface area contributed by atoms with E-state index in [0.717, 1.165) is 48.3 Å². The Labute approximate surface area is 231 Å². The number of nitrogens with zero attached hydrogens (tertiary/aromatic N) is 3. The van der Waals surface area contributed by atoms with Gasteiger partial charge in [0, 0.05) is 23.8 Å². The van der Waals surface area contributed by atoms with Crippen LogP contribution in [-0.4, -0.2) is 57.7 Å². The molecule has 6 rings (SSSR count). The van der Waals surface area contributed by atoms with Gasteiger partial charge in [0.1, 0.15) is 30.1 Å². The van der Waals surface area contributed by atoms with E-state index in [9.17, 15) is 4.79 Å². The molecule has 2 aromatic carbocycles. The van der Waals surface area contributed by atoms with Crippen LogP contribution in [0.4, 0.5) is 10.5 Å². The number of ether oxygens (including phenoxy) is 2. The molecule has 1 atom stereocenters. The third-order valence-electron chi connectivity index (χ3n) is 7.13. The van der Waals surface area contributed by atoms with Gasteiger partial charge in [-0.05, 0) is 93.7 Å². The molecule has 3 heterocycles. The highest BCUT2D eigenvalue weighted by atomic mass is 35.5. The zero-order valence-corrected chi connectivity index (χ0v) is 22.5. The molecule has 2 aliphatic rings. The van der Waals surface area contributed by atoms with Crippen molar-refractivity contribution in [2.24, 2.45) is 0 Å². The number of anilines is 1. The van der Waals surface area contributed by atoms with Crippen LogP contribution in [-0.2, 0) is 0 Å². The summed E-state index contributed by atoms with van der Waals surface area (Å²) in [5.41, 5.74) is 3.07. The average Bonchev–Trinajstić information content (AvgIpc) is 3.38. The summed E-state index contributed by atoms with van der Waals surface area (Å²) >= 11 is 6.41. The second kappa shape index (κ2) is 11.1. The molecule has 4 aromatic rings. The molecule has 2 fully saturated rings. The average molecular weight is 547 g/mol. The maximum absolute atomic E-state index is 12.0. The number of halogens is 1. The molecule has 2 aromatic heterocycles. The van der Waals surface area contributed by atoms with E-state index in [4.69, 9.17) is 21.1 Å². The maximum Gasteiger partial charge on any atom is 0.319 e. The molecule has 10 heteroatoms. The summed E-state index contributed by atoms with van der Waals surface area (Å²) in [6.45, 7) is 5.22. The highest BCUT2D eigenvalue weighted by Gasteiger charge is 2.23. The Hall–Kier alpha value is -3.82. The van der Waals surface area contributed by atoms with E-state index >= 15 is 0 Å². The van der Waals surface area contributed by atoms with Gasteiger partial charge in [-0.3, -0.25) is 4.90 Å². The molecule has 202 valence electrons. The van der Waals surface area contributed by atoms with Crippen LogP contribution >= 0.6 is 11.6 Å². The number of likely N-dealkylation sites (tertiary alicyclic amines) is 1. The molecule has 1 saturated heterocycles. The standard InChI is InChI=1S/C29H31ClN6O3/c1-18(36-12-2-3-13-36)16-38-21-8-4-19(5-9-21)26-15-23-27(34-26)31-17-32-28(23)39-22-10-11-25(24(30)14-22)35-29(37)33-20-6-7-20/h4-5,8-11,14-15,17-18,20H,2-3,6-7,12-13,16H2,1H3,(H,31,32,34)(H2,33,35,37). The normalized spacial score (nSPS) is 16.3. The molecule has 0 spiro atoms. The summed E-state index contributed by atoms with van der Waals surface area (Å²) in [4.78, 5) is 26.6. The number of aromatic nitrogens is 3. The van der Waals surface area contributed by atoms with Crippen LogP contribution in [0.3, 0.4) is 0 Å². The molecule has 0 bridgehead atoms. The Bertz CT molecular complexity index is 1460. The van der Waals surface area contributed by atoms with Crippen LogP contribution in [0.25, 0.3) is 22.3 Å². The number of amides is 2. The van der Waals surface area contributed by atoms with E-state index in [2.05, 4.69) is 37.4 Å². The number of carbonyl (C=O) groups is 1. The summed E-state index contributed by atoms with van der Waals surface area (Å²) in [5, 5.41) is 6.77. The third-order valence-corrected chi connectivity index (χ3v) is 7.44. The monoisotopic (exact) mass is 546 g/mol. The zero-order valence-electron chi connectivity index (χ0n) is 21.7. The zero-order chi connectivity index (χ0) is 26.8. The van der Waals surface area contributed by atoms with Crippen molar-refractivity contribution < 1.29 is 14.3 Å². The van der Waals surface area contributed by atoms with Crippen LogP contribution in [0.1, 0.15) is 32.6 Å². The highest BCUT2D eigenvalue weighted by Crippen LogP contribution is 2.34. The summed E-state index contributed by atoms with van der Waals surface area (Å²) in [6.07, 6.45) is 6.04. The van der Waals surface area contributed by atoms with E-state index in [0.29, 0.717) is 40.6 Å². The molecule has 2 amide bonds. The van der Waals surface area contributed by atoms with Gasteiger partial charge in [0.15, 0.2) is 0 Å². The van der Waals surface area contributed by atoms with Crippen molar-refractivity contribution in [2.75, 3.05) is 25.0 Å². The lowest BCUT2D eigenvalue weighted by atomic mass is 10.1. The van der Waals surface area contributed by atoms with Gasteiger partial charge in [-0.1, -0.05) is 11.6 Å². The van der Waals surface area contributed by atoms with Crippen molar-refractivity contribution in [1.29, 1.82) is 0 Å². The van der Waals surface area contributed by atoms with Crippen LogP contribution < -0.4 is 20.1 Å². The first kappa shape index (κ1) is 25.5. The molecule has 9 nitrogen and oxygen atoms in total. The largest absolute Gasteiger partial charge is 0.492 e. The fourth-order valence-electron chi connectivity index (χ4n) is 4.73. The molecule has 3 N–H and O–H groups in total. The molecule has 1 aliphatic heterocycles. The number of H-pyrrole nitrogens is 1. The van der Waals surface area contributed by atoms with E-state index in [1.54, 1.807) is 18.2 Å². The number of fused-ring (bicyclic) bond motifs is 1. The molecule has 0 radical (unpaired) electrons. The van der Waals surface area contributed by atoms with E-state index in [1.807, 2.05) is 30.3 Å². The Morgan fingerprint density at radius 2 is 1.87 bits per heavy atom. The number of benzene rings is 2. The van der Waals surface area contributed by atoms with Gasteiger partial charge in [-0.15, -0.1) is 0 Å². The first-order valence-electron chi connectivity index (χ1n) is 13.4. The Balaban J connectivity index is 1.13. The van der Waals surface area contributed by atoms with Crippen LogP contribution in [0.5, 0.6) is 17.4 Å². The van der Waals surface area contributed by atoms with Gasteiger partial charge >= 0.3 is 6.03 Å². The molecule has 1 aliphatic carbocycles. The maximum atomic E-state index is 12.0. The van der Waals surface area contributed by atoms with E-state index in [-0.39, 0.29) is 12.1 Å². The number of urea groups is 1. The summed E-state index contributed by atoms with van der Waals surface area (Å²) in [6, 6.07) is 15.5. The molecular formula is C29H31ClN6O3. The van der Waals surface area contributed by atoms with Gasteiger partial charge in [0.05, 0.1) is 16.1 Å². The minimum atomic E-state index is -0.262. The van der Waals surface area contributed by atoms with Gasteiger partial charge < -0.3 is 25.1 Å².